The molecular weight excluding hydrogens is 412 g/mol. The topological polar surface area (TPSA) is 112 Å². The van der Waals surface area contributed by atoms with Gasteiger partial charge in [-0.3, -0.25) is 9.89 Å². The lowest BCUT2D eigenvalue weighted by Gasteiger charge is -2.27. The van der Waals surface area contributed by atoms with Crippen molar-refractivity contribution < 1.29 is 4.79 Å². The first kappa shape index (κ1) is 19.4. The van der Waals surface area contributed by atoms with Crippen LogP contribution in [0.1, 0.15) is 34.5 Å². The molecule has 10 heteroatoms. The van der Waals surface area contributed by atoms with Crippen molar-refractivity contribution >= 4 is 50.6 Å². The molecule has 4 heterocycles. The van der Waals surface area contributed by atoms with E-state index in [9.17, 15) is 4.79 Å². The minimum absolute atomic E-state index is 0.209. The molecule has 1 aliphatic heterocycles. The molecule has 31 heavy (non-hydrogen) atoms. The summed E-state index contributed by atoms with van der Waals surface area (Å²) in [6, 6.07) is 5.82. The van der Waals surface area contributed by atoms with Gasteiger partial charge in [-0.1, -0.05) is 17.4 Å². The summed E-state index contributed by atoms with van der Waals surface area (Å²) >= 11 is 1.28. The van der Waals surface area contributed by atoms with E-state index in [4.69, 9.17) is 0 Å². The van der Waals surface area contributed by atoms with E-state index in [1.54, 1.807) is 18.7 Å². The number of hydrogen-bond donors (Lipinski definition) is 3. The number of hydrogen-bond acceptors (Lipinski definition) is 8. The maximum Gasteiger partial charge on any atom is 0.267 e. The van der Waals surface area contributed by atoms with Crippen molar-refractivity contribution in [3.8, 4) is 0 Å². The van der Waals surface area contributed by atoms with Gasteiger partial charge >= 0.3 is 0 Å². The van der Waals surface area contributed by atoms with E-state index in [0.717, 1.165) is 41.1 Å². The minimum Gasteiger partial charge on any atom is -0.356 e. The fourth-order valence-corrected chi connectivity index (χ4v) is 4.44. The van der Waals surface area contributed by atoms with E-state index in [1.165, 1.54) is 30.6 Å². The Kier molecular flexibility index (Phi) is 5.21. The first-order valence-electron chi connectivity index (χ1n) is 10.2. The quantitative estimate of drug-likeness (QED) is 0.433. The van der Waals surface area contributed by atoms with Crippen molar-refractivity contribution in [2.45, 2.75) is 26.2 Å². The molecule has 0 bridgehead atoms. The van der Waals surface area contributed by atoms with Crippen molar-refractivity contribution in [1.82, 2.24) is 25.1 Å². The smallest absolute Gasteiger partial charge is 0.267 e. The van der Waals surface area contributed by atoms with Gasteiger partial charge in [0.25, 0.3) is 5.91 Å². The van der Waals surface area contributed by atoms with Crippen LogP contribution in [0.5, 0.6) is 0 Å². The molecule has 0 aliphatic carbocycles. The van der Waals surface area contributed by atoms with Crippen LogP contribution < -0.4 is 15.5 Å². The number of benzene rings is 1. The number of nitrogens with one attached hydrogen (secondary N) is 3. The van der Waals surface area contributed by atoms with Crippen LogP contribution in [0.4, 0.5) is 22.5 Å². The van der Waals surface area contributed by atoms with Crippen molar-refractivity contribution in [3.63, 3.8) is 0 Å². The number of carbonyl (C=O) groups excluding carboxylic acids is 1. The Balaban J connectivity index is 1.30. The number of amides is 1. The molecule has 5 rings (SSSR count). The number of anilines is 4. The van der Waals surface area contributed by atoms with Crippen LogP contribution in [0.25, 0.3) is 10.9 Å². The predicted octanol–water partition coefficient (Wildman–Crippen LogP) is 4.10. The molecule has 1 aliphatic rings. The molecule has 1 fully saturated rings. The zero-order chi connectivity index (χ0) is 21.2. The first-order valence-corrected chi connectivity index (χ1v) is 11.0. The second kappa shape index (κ2) is 8.31. The normalized spacial score (nSPS) is 14.0. The predicted molar refractivity (Wildman–Crippen MR) is 122 cm³/mol. The van der Waals surface area contributed by atoms with Gasteiger partial charge in [0.2, 0.25) is 0 Å². The number of fused-ring (bicyclic) bond motifs is 1. The third-order valence-electron chi connectivity index (χ3n) is 5.37. The third-order valence-corrected chi connectivity index (χ3v) is 6.28. The molecule has 3 N–H and O–H groups in total. The van der Waals surface area contributed by atoms with Crippen LogP contribution >= 0.6 is 11.3 Å². The molecule has 0 unspecified atom stereocenters. The lowest BCUT2D eigenvalue weighted by molar-refractivity contribution is 0.103. The second-order valence-corrected chi connectivity index (χ2v) is 8.54. The van der Waals surface area contributed by atoms with Crippen LogP contribution in [0.3, 0.4) is 0 Å². The van der Waals surface area contributed by atoms with Crippen LogP contribution in [0, 0.1) is 6.92 Å². The Hall–Kier alpha value is -3.53. The number of aromatic amines is 1. The summed E-state index contributed by atoms with van der Waals surface area (Å²) in [5, 5.41) is 14.7. The molecule has 0 atom stereocenters. The zero-order valence-electron chi connectivity index (χ0n) is 17.1. The van der Waals surface area contributed by atoms with Gasteiger partial charge in [0, 0.05) is 24.5 Å². The number of nitrogens with zero attached hydrogens (tertiary/aromatic N) is 5. The number of thiazole rings is 1. The highest BCUT2D eigenvalue weighted by Crippen LogP contribution is 2.28. The molecule has 1 aromatic carbocycles. The summed E-state index contributed by atoms with van der Waals surface area (Å²) in [5.74, 6) is 1.37. The molecular formula is C21H22N8OS. The van der Waals surface area contributed by atoms with Gasteiger partial charge < -0.3 is 15.5 Å². The molecule has 1 saturated heterocycles. The van der Waals surface area contributed by atoms with E-state index in [2.05, 4.69) is 40.7 Å². The summed E-state index contributed by atoms with van der Waals surface area (Å²) in [6.07, 6.45) is 8.48. The van der Waals surface area contributed by atoms with Gasteiger partial charge in [-0.25, -0.2) is 15.0 Å². The van der Waals surface area contributed by atoms with Crippen molar-refractivity contribution in [3.05, 3.63) is 47.4 Å². The lowest BCUT2D eigenvalue weighted by Crippen LogP contribution is -2.30. The summed E-state index contributed by atoms with van der Waals surface area (Å²) in [5.41, 5.74) is 2.60. The number of aryl methyl sites for hydroxylation is 1. The number of carbonyl (C=O) groups is 1. The molecule has 0 saturated carbocycles. The minimum atomic E-state index is -0.209. The fraction of sp³-hybridized carbons (Fsp3) is 0.286. The summed E-state index contributed by atoms with van der Waals surface area (Å²) in [4.78, 5) is 28.7. The van der Waals surface area contributed by atoms with Crippen LogP contribution in [-0.4, -0.2) is 44.1 Å². The van der Waals surface area contributed by atoms with E-state index < -0.39 is 0 Å². The number of rotatable bonds is 5. The lowest BCUT2D eigenvalue weighted by atomic mass is 10.1. The molecule has 3 aromatic heterocycles. The molecule has 158 valence electrons. The summed E-state index contributed by atoms with van der Waals surface area (Å²) in [6.45, 7) is 3.98. The third kappa shape index (κ3) is 4.06. The van der Waals surface area contributed by atoms with E-state index in [-0.39, 0.29) is 5.91 Å². The SMILES string of the molecule is Cc1ccc2[nH]ncc2c1NC(=O)c1cnc(Nc2cc(N3CCCCC3)ncn2)s1. The Bertz CT molecular complexity index is 1230. The number of H-pyrrole nitrogens is 1. The largest absolute Gasteiger partial charge is 0.356 e. The van der Waals surface area contributed by atoms with Crippen molar-refractivity contribution in [2.24, 2.45) is 0 Å². The number of piperidine rings is 1. The van der Waals surface area contributed by atoms with Crippen LogP contribution in [0.2, 0.25) is 0 Å². The highest BCUT2D eigenvalue weighted by molar-refractivity contribution is 7.17. The van der Waals surface area contributed by atoms with E-state index in [1.807, 2.05) is 25.1 Å². The summed E-state index contributed by atoms with van der Waals surface area (Å²) < 4.78 is 0. The molecule has 0 spiro atoms. The van der Waals surface area contributed by atoms with Gasteiger partial charge in [0.15, 0.2) is 5.13 Å². The van der Waals surface area contributed by atoms with E-state index in [0.29, 0.717) is 15.8 Å². The summed E-state index contributed by atoms with van der Waals surface area (Å²) in [7, 11) is 0. The number of aromatic nitrogens is 5. The fourth-order valence-electron chi connectivity index (χ4n) is 3.73. The molecule has 9 nitrogen and oxygen atoms in total. The van der Waals surface area contributed by atoms with Crippen molar-refractivity contribution in [2.75, 3.05) is 28.6 Å². The van der Waals surface area contributed by atoms with Crippen LogP contribution in [0.15, 0.2) is 36.9 Å². The highest BCUT2D eigenvalue weighted by Gasteiger charge is 2.16. The van der Waals surface area contributed by atoms with Crippen molar-refractivity contribution in [1.29, 1.82) is 0 Å². The van der Waals surface area contributed by atoms with Gasteiger partial charge in [-0.15, -0.1) is 0 Å². The monoisotopic (exact) mass is 434 g/mol. The Morgan fingerprint density at radius 3 is 2.87 bits per heavy atom. The average molecular weight is 435 g/mol. The second-order valence-electron chi connectivity index (χ2n) is 7.51. The molecule has 1 amide bonds. The Morgan fingerprint density at radius 2 is 2.00 bits per heavy atom. The highest BCUT2D eigenvalue weighted by atomic mass is 32.1. The zero-order valence-corrected chi connectivity index (χ0v) is 17.9. The molecule has 0 radical (unpaired) electrons. The van der Waals surface area contributed by atoms with Crippen LogP contribution in [-0.2, 0) is 0 Å². The Morgan fingerprint density at radius 1 is 1.13 bits per heavy atom. The standard InChI is InChI=1S/C21H22N8OS/c1-13-5-6-15-14(10-25-28-15)19(13)27-20(30)16-11-22-21(31-16)26-17-9-18(24-12-23-17)29-7-3-2-4-8-29/h5-6,9-12H,2-4,7-8H2,1H3,(H,25,28)(H,27,30)(H,22,23,24,26). The van der Waals surface area contributed by atoms with Gasteiger partial charge in [0.05, 0.1) is 23.6 Å². The van der Waals surface area contributed by atoms with Gasteiger partial charge in [-0.2, -0.15) is 5.10 Å². The van der Waals surface area contributed by atoms with Gasteiger partial charge in [-0.05, 0) is 37.8 Å². The first-order chi connectivity index (χ1) is 15.2. The maximum absolute atomic E-state index is 12.8. The average Bonchev–Trinajstić information content (AvgIpc) is 3.46. The van der Waals surface area contributed by atoms with E-state index >= 15 is 0 Å². The van der Waals surface area contributed by atoms with Gasteiger partial charge in [0.1, 0.15) is 22.8 Å². The molecule has 4 aromatic rings. The maximum atomic E-state index is 12.8. The Labute approximate surface area is 182 Å².